The molecule has 0 radical (unpaired) electrons. The highest BCUT2D eigenvalue weighted by atomic mass is 35.5. The van der Waals surface area contributed by atoms with Crippen LogP contribution in [0.15, 0.2) is 71.3 Å². The molecule has 0 spiro atoms. The molecule has 0 unspecified atom stereocenters. The van der Waals surface area contributed by atoms with Crippen molar-refractivity contribution in [2.24, 2.45) is 0 Å². The highest BCUT2D eigenvalue weighted by Gasteiger charge is 2.14. The second-order valence-electron chi connectivity index (χ2n) is 5.29. The topological polar surface area (TPSA) is 28.9 Å². The molecule has 0 atom stereocenters. The normalized spacial score (nSPS) is 11.1. The van der Waals surface area contributed by atoms with E-state index < -0.39 is 0 Å². The first kappa shape index (κ1) is 13.2. The number of aromatic nitrogens is 1. The zero-order valence-corrected chi connectivity index (χ0v) is 12.6. The molecule has 2 nitrogen and oxygen atoms in total. The van der Waals surface area contributed by atoms with Gasteiger partial charge in [0.15, 0.2) is 0 Å². The average Bonchev–Trinajstić information content (AvgIpc) is 3.17. The highest BCUT2D eigenvalue weighted by molar-refractivity contribution is 6.31. The molecule has 108 valence electrons. The smallest absolute Gasteiger partial charge is 0.108 e. The van der Waals surface area contributed by atoms with Crippen LogP contribution < -0.4 is 0 Å². The summed E-state index contributed by atoms with van der Waals surface area (Å²) < 4.78 is 5.53. The van der Waals surface area contributed by atoms with E-state index >= 15 is 0 Å². The van der Waals surface area contributed by atoms with Crippen LogP contribution in [-0.4, -0.2) is 4.98 Å². The summed E-state index contributed by atoms with van der Waals surface area (Å²) in [6, 6.07) is 20.2. The van der Waals surface area contributed by atoms with Gasteiger partial charge in [0.2, 0.25) is 0 Å². The summed E-state index contributed by atoms with van der Waals surface area (Å²) >= 11 is 6.13. The van der Waals surface area contributed by atoms with E-state index in [1.807, 2.05) is 42.5 Å². The molecule has 0 fully saturated rings. The van der Waals surface area contributed by atoms with Gasteiger partial charge < -0.3 is 9.40 Å². The Morgan fingerprint density at radius 3 is 2.59 bits per heavy atom. The fourth-order valence-electron chi connectivity index (χ4n) is 2.85. The molecular weight excluding hydrogens is 294 g/mol. The lowest BCUT2D eigenvalue weighted by atomic mass is 10.0. The molecule has 0 amide bonds. The molecule has 0 aliphatic heterocycles. The van der Waals surface area contributed by atoms with Crippen LogP contribution in [0, 0.1) is 0 Å². The van der Waals surface area contributed by atoms with E-state index in [2.05, 4.69) is 23.2 Å². The summed E-state index contributed by atoms with van der Waals surface area (Å²) in [6.07, 6.45) is 2.46. The summed E-state index contributed by atoms with van der Waals surface area (Å²) in [4.78, 5) is 3.51. The Hall–Kier alpha value is -2.45. The molecule has 4 aromatic rings. The third-order valence-electron chi connectivity index (χ3n) is 3.86. The first-order valence-electron chi connectivity index (χ1n) is 7.19. The number of hydrogen-bond acceptors (Lipinski definition) is 1. The number of halogens is 1. The standard InChI is InChI=1S/C19H14ClNO/c20-14-8-9-16-17(12-15-7-4-10-22-15)19(21-18(16)11-14)13-5-2-1-3-6-13/h1-11,21H,12H2. The van der Waals surface area contributed by atoms with Crippen LogP contribution in [0.3, 0.4) is 0 Å². The van der Waals surface area contributed by atoms with E-state index in [-0.39, 0.29) is 0 Å². The van der Waals surface area contributed by atoms with E-state index in [1.54, 1.807) is 6.26 Å². The number of benzene rings is 2. The third-order valence-corrected chi connectivity index (χ3v) is 4.10. The molecule has 22 heavy (non-hydrogen) atoms. The van der Waals surface area contributed by atoms with Crippen LogP contribution in [0.1, 0.15) is 11.3 Å². The van der Waals surface area contributed by atoms with Crippen molar-refractivity contribution in [3.05, 3.63) is 83.3 Å². The van der Waals surface area contributed by atoms with E-state index in [1.165, 1.54) is 10.9 Å². The lowest BCUT2D eigenvalue weighted by Crippen LogP contribution is -1.88. The molecule has 0 aliphatic rings. The molecule has 2 heterocycles. The molecule has 1 N–H and O–H groups in total. The zero-order chi connectivity index (χ0) is 14.9. The van der Waals surface area contributed by atoms with Crippen LogP contribution in [-0.2, 0) is 6.42 Å². The Bertz CT molecular complexity index is 907. The Kier molecular flexibility index (Phi) is 3.24. The second kappa shape index (κ2) is 5.39. The van der Waals surface area contributed by atoms with Gasteiger partial charge in [-0.15, -0.1) is 0 Å². The van der Waals surface area contributed by atoms with Gasteiger partial charge in [-0.3, -0.25) is 0 Å². The largest absolute Gasteiger partial charge is 0.469 e. The zero-order valence-electron chi connectivity index (χ0n) is 11.8. The Morgan fingerprint density at radius 1 is 0.955 bits per heavy atom. The van der Waals surface area contributed by atoms with E-state index in [4.69, 9.17) is 16.0 Å². The van der Waals surface area contributed by atoms with Crippen molar-refractivity contribution in [3.8, 4) is 11.3 Å². The van der Waals surface area contributed by atoms with Gasteiger partial charge in [0.25, 0.3) is 0 Å². The van der Waals surface area contributed by atoms with Gasteiger partial charge in [-0.2, -0.15) is 0 Å². The lowest BCUT2D eigenvalue weighted by molar-refractivity contribution is 0.521. The molecule has 2 aromatic carbocycles. The van der Waals surface area contributed by atoms with E-state index in [9.17, 15) is 0 Å². The maximum atomic E-state index is 6.13. The monoisotopic (exact) mass is 307 g/mol. The summed E-state index contributed by atoms with van der Waals surface area (Å²) in [7, 11) is 0. The van der Waals surface area contributed by atoms with Crippen molar-refractivity contribution in [1.29, 1.82) is 0 Å². The Balaban J connectivity index is 1.94. The highest BCUT2D eigenvalue weighted by Crippen LogP contribution is 2.33. The van der Waals surface area contributed by atoms with Crippen LogP contribution in [0.5, 0.6) is 0 Å². The average molecular weight is 308 g/mol. The van der Waals surface area contributed by atoms with Crippen molar-refractivity contribution < 1.29 is 4.42 Å². The molecule has 0 saturated carbocycles. The molecule has 0 bridgehead atoms. The van der Waals surface area contributed by atoms with Gasteiger partial charge in [-0.1, -0.05) is 48.0 Å². The first-order chi connectivity index (χ1) is 10.8. The molecule has 0 aliphatic carbocycles. The van der Waals surface area contributed by atoms with Crippen LogP contribution in [0.4, 0.5) is 0 Å². The predicted octanol–water partition coefficient (Wildman–Crippen LogP) is 5.67. The van der Waals surface area contributed by atoms with Gasteiger partial charge in [0.05, 0.1) is 12.0 Å². The number of furan rings is 1. The number of hydrogen-bond donors (Lipinski definition) is 1. The summed E-state index contributed by atoms with van der Waals surface area (Å²) in [6.45, 7) is 0. The van der Waals surface area contributed by atoms with Crippen molar-refractivity contribution >= 4 is 22.5 Å². The summed E-state index contributed by atoms with van der Waals surface area (Å²) in [5.74, 6) is 0.952. The van der Waals surface area contributed by atoms with Crippen LogP contribution in [0.25, 0.3) is 22.2 Å². The summed E-state index contributed by atoms with van der Waals surface area (Å²) in [5, 5.41) is 1.91. The molecule has 2 aromatic heterocycles. The van der Waals surface area contributed by atoms with Gasteiger partial charge in [0.1, 0.15) is 5.76 Å². The maximum Gasteiger partial charge on any atom is 0.108 e. The molecule has 0 saturated heterocycles. The number of aromatic amines is 1. The Morgan fingerprint density at radius 2 is 1.82 bits per heavy atom. The number of rotatable bonds is 3. The van der Waals surface area contributed by atoms with Crippen molar-refractivity contribution in [1.82, 2.24) is 4.98 Å². The van der Waals surface area contributed by atoms with Crippen molar-refractivity contribution in [2.45, 2.75) is 6.42 Å². The van der Waals surface area contributed by atoms with E-state index in [0.717, 1.165) is 34.0 Å². The summed E-state index contributed by atoms with van der Waals surface area (Å²) in [5.41, 5.74) is 4.56. The van der Waals surface area contributed by atoms with Crippen LogP contribution in [0.2, 0.25) is 5.02 Å². The van der Waals surface area contributed by atoms with Crippen LogP contribution >= 0.6 is 11.6 Å². The fraction of sp³-hybridized carbons (Fsp3) is 0.0526. The molecular formula is C19H14ClNO. The van der Waals surface area contributed by atoms with Gasteiger partial charge >= 0.3 is 0 Å². The Labute approximate surface area is 133 Å². The minimum atomic E-state index is 0.734. The fourth-order valence-corrected chi connectivity index (χ4v) is 3.02. The minimum absolute atomic E-state index is 0.734. The maximum absolute atomic E-state index is 6.13. The van der Waals surface area contributed by atoms with Gasteiger partial charge in [0, 0.05) is 22.3 Å². The first-order valence-corrected chi connectivity index (χ1v) is 7.57. The lowest BCUT2D eigenvalue weighted by Gasteiger charge is -2.04. The molecule has 3 heteroatoms. The quantitative estimate of drug-likeness (QED) is 0.519. The SMILES string of the molecule is Clc1ccc2c(Cc3ccco3)c(-c3ccccc3)[nH]c2c1. The number of H-pyrrole nitrogens is 1. The second-order valence-corrected chi connectivity index (χ2v) is 5.73. The van der Waals surface area contributed by atoms with Crippen molar-refractivity contribution in [3.63, 3.8) is 0 Å². The van der Waals surface area contributed by atoms with Crippen molar-refractivity contribution in [2.75, 3.05) is 0 Å². The van der Waals surface area contributed by atoms with Gasteiger partial charge in [-0.25, -0.2) is 0 Å². The van der Waals surface area contributed by atoms with Gasteiger partial charge in [-0.05, 0) is 35.4 Å². The predicted molar refractivity (Wildman–Crippen MR) is 90.3 cm³/mol. The third kappa shape index (κ3) is 2.32. The minimum Gasteiger partial charge on any atom is -0.469 e. The molecule has 4 rings (SSSR count). The number of fused-ring (bicyclic) bond motifs is 1. The van der Waals surface area contributed by atoms with E-state index in [0.29, 0.717) is 0 Å². The number of nitrogens with one attached hydrogen (secondary N) is 1.